The molecule has 0 radical (unpaired) electrons. The topological polar surface area (TPSA) is 93.4 Å². The fourth-order valence-corrected chi connectivity index (χ4v) is 3.93. The van der Waals surface area contributed by atoms with Gasteiger partial charge in [0.15, 0.2) is 11.6 Å². The Bertz CT molecular complexity index is 1500. The maximum absolute atomic E-state index is 11.8. The second-order valence-corrected chi connectivity index (χ2v) is 8.05. The van der Waals surface area contributed by atoms with Crippen LogP contribution in [0.5, 0.6) is 0 Å². The third-order valence-electron chi connectivity index (χ3n) is 5.61. The molecule has 0 saturated carbocycles. The van der Waals surface area contributed by atoms with Crippen molar-refractivity contribution in [1.29, 1.82) is 0 Å². The van der Waals surface area contributed by atoms with Gasteiger partial charge < -0.3 is 10.1 Å². The van der Waals surface area contributed by atoms with Crippen molar-refractivity contribution in [3.63, 3.8) is 0 Å². The minimum Gasteiger partial charge on any atom is -0.453 e. The van der Waals surface area contributed by atoms with E-state index in [1.54, 1.807) is 12.4 Å². The van der Waals surface area contributed by atoms with Crippen molar-refractivity contribution in [3.8, 4) is 22.5 Å². The summed E-state index contributed by atoms with van der Waals surface area (Å²) in [6.45, 7) is 2.42. The van der Waals surface area contributed by atoms with Gasteiger partial charge in [0.25, 0.3) is 0 Å². The predicted molar refractivity (Wildman–Crippen MR) is 136 cm³/mol. The van der Waals surface area contributed by atoms with Gasteiger partial charge in [0.1, 0.15) is 5.52 Å². The Morgan fingerprint density at radius 2 is 1.80 bits per heavy atom. The maximum Gasteiger partial charge on any atom is 0.411 e. The molecule has 5 aromatic rings. The molecule has 2 aromatic carbocycles. The smallest absolute Gasteiger partial charge is 0.411 e. The van der Waals surface area contributed by atoms with Gasteiger partial charge in [-0.1, -0.05) is 48.5 Å². The number of hydrogen-bond acceptors (Lipinski definition) is 6. The Morgan fingerprint density at radius 3 is 2.60 bits per heavy atom. The predicted octanol–water partition coefficient (Wildman–Crippen LogP) is 5.56. The van der Waals surface area contributed by atoms with E-state index in [2.05, 4.69) is 27.8 Å². The lowest BCUT2D eigenvalue weighted by atomic mass is 10.1. The van der Waals surface area contributed by atoms with Crippen LogP contribution in [0.15, 0.2) is 85.3 Å². The zero-order chi connectivity index (χ0) is 24.2. The summed E-state index contributed by atoms with van der Waals surface area (Å²) in [5, 5.41) is 11.0. The lowest BCUT2D eigenvalue weighted by Gasteiger charge is -2.14. The largest absolute Gasteiger partial charge is 0.453 e. The van der Waals surface area contributed by atoms with E-state index in [1.165, 1.54) is 7.11 Å². The second kappa shape index (κ2) is 9.64. The van der Waals surface area contributed by atoms with Crippen molar-refractivity contribution < 1.29 is 9.53 Å². The van der Waals surface area contributed by atoms with Crippen LogP contribution in [0.3, 0.4) is 0 Å². The molecule has 0 bridgehead atoms. The minimum atomic E-state index is -0.519. The first kappa shape index (κ1) is 22.1. The average Bonchev–Trinajstić information content (AvgIpc) is 3.33. The van der Waals surface area contributed by atoms with Crippen LogP contribution < -0.4 is 10.6 Å². The van der Waals surface area contributed by atoms with Gasteiger partial charge in [-0.15, -0.1) is 5.10 Å². The summed E-state index contributed by atoms with van der Waals surface area (Å²) in [6, 6.07) is 21.7. The lowest BCUT2D eigenvalue weighted by molar-refractivity contribution is 0.187. The standard InChI is InChI=1S/C27H24N6O2/c1-18-14-21(16-28-15-18)25-31-26(29-17-20-10-6-7-11-23(20)30-27(34)35-2)24-22(12-13-33(24)32-25)19-8-4-3-5-9-19/h3-16H,17H2,1-2H3,(H,30,34)(H,29,31,32). The zero-order valence-corrected chi connectivity index (χ0v) is 19.4. The van der Waals surface area contributed by atoms with Gasteiger partial charge in [-0.2, -0.15) is 0 Å². The summed E-state index contributed by atoms with van der Waals surface area (Å²) >= 11 is 0. The van der Waals surface area contributed by atoms with Crippen molar-refractivity contribution >= 4 is 23.1 Å². The summed E-state index contributed by atoms with van der Waals surface area (Å²) < 4.78 is 6.60. The van der Waals surface area contributed by atoms with Crippen molar-refractivity contribution in [2.24, 2.45) is 0 Å². The van der Waals surface area contributed by atoms with Gasteiger partial charge in [0.05, 0.1) is 7.11 Å². The van der Waals surface area contributed by atoms with E-state index in [0.717, 1.165) is 33.3 Å². The van der Waals surface area contributed by atoms with Crippen LogP contribution in [0.25, 0.3) is 28.0 Å². The Morgan fingerprint density at radius 1 is 1.00 bits per heavy atom. The molecule has 0 aliphatic rings. The number of amides is 1. The van der Waals surface area contributed by atoms with Crippen LogP contribution in [0.2, 0.25) is 0 Å². The fourth-order valence-electron chi connectivity index (χ4n) is 3.93. The molecule has 3 heterocycles. The molecule has 0 aliphatic heterocycles. The molecule has 8 heteroatoms. The molecule has 0 saturated heterocycles. The van der Waals surface area contributed by atoms with Crippen LogP contribution in [-0.4, -0.2) is 32.8 Å². The van der Waals surface area contributed by atoms with Crippen molar-refractivity contribution in [1.82, 2.24) is 19.6 Å². The monoisotopic (exact) mass is 464 g/mol. The van der Waals surface area contributed by atoms with E-state index in [1.807, 2.05) is 72.2 Å². The summed E-state index contributed by atoms with van der Waals surface area (Å²) in [6.07, 6.45) is 4.98. The normalized spacial score (nSPS) is 10.8. The first-order valence-electron chi connectivity index (χ1n) is 11.2. The van der Waals surface area contributed by atoms with Crippen LogP contribution in [0.1, 0.15) is 11.1 Å². The highest BCUT2D eigenvalue weighted by molar-refractivity contribution is 5.89. The molecule has 174 valence electrons. The molecule has 0 unspecified atom stereocenters. The van der Waals surface area contributed by atoms with Gasteiger partial charge in [-0.25, -0.2) is 14.3 Å². The first-order chi connectivity index (χ1) is 17.1. The first-order valence-corrected chi connectivity index (χ1v) is 11.2. The Hall–Kier alpha value is -4.72. The lowest BCUT2D eigenvalue weighted by Crippen LogP contribution is -2.14. The fraction of sp³-hybridized carbons (Fsp3) is 0.111. The third kappa shape index (κ3) is 4.67. The molecule has 5 rings (SSSR count). The maximum atomic E-state index is 11.8. The average molecular weight is 465 g/mol. The van der Waals surface area contributed by atoms with Crippen LogP contribution >= 0.6 is 0 Å². The molecule has 0 spiro atoms. The number of methoxy groups -OCH3 is 1. The highest BCUT2D eigenvalue weighted by atomic mass is 16.5. The van der Waals surface area contributed by atoms with Gasteiger partial charge in [-0.05, 0) is 41.8 Å². The summed E-state index contributed by atoms with van der Waals surface area (Å²) in [7, 11) is 1.34. The number of aromatic nitrogens is 4. The van der Waals surface area contributed by atoms with Crippen LogP contribution in [0.4, 0.5) is 16.3 Å². The van der Waals surface area contributed by atoms with Gasteiger partial charge in [0.2, 0.25) is 0 Å². The van der Waals surface area contributed by atoms with Gasteiger partial charge in [0, 0.05) is 41.9 Å². The number of nitrogens with zero attached hydrogens (tertiary/aromatic N) is 4. The summed E-state index contributed by atoms with van der Waals surface area (Å²) in [5.41, 5.74) is 6.36. The van der Waals surface area contributed by atoms with Crippen molar-refractivity contribution in [3.05, 3.63) is 96.4 Å². The number of nitrogens with one attached hydrogen (secondary N) is 2. The second-order valence-electron chi connectivity index (χ2n) is 8.05. The quantitative estimate of drug-likeness (QED) is 0.342. The van der Waals surface area contributed by atoms with Crippen molar-refractivity contribution in [2.75, 3.05) is 17.7 Å². The third-order valence-corrected chi connectivity index (χ3v) is 5.61. The summed E-state index contributed by atoms with van der Waals surface area (Å²) in [5.74, 6) is 1.24. The minimum absolute atomic E-state index is 0.428. The number of para-hydroxylation sites is 1. The number of benzene rings is 2. The number of aryl methyl sites for hydroxylation is 1. The molecular weight excluding hydrogens is 440 g/mol. The molecule has 0 aliphatic carbocycles. The molecule has 2 N–H and O–H groups in total. The number of pyridine rings is 1. The van der Waals surface area contributed by atoms with E-state index in [4.69, 9.17) is 14.8 Å². The van der Waals surface area contributed by atoms with E-state index in [0.29, 0.717) is 23.9 Å². The van der Waals surface area contributed by atoms with Gasteiger partial charge in [-0.3, -0.25) is 10.3 Å². The molecule has 8 nitrogen and oxygen atoms in total. The number of anilines is 2. The SMILES string of the molecule is COC(=O)Nc1ccccc1CNc1nc(-c2cncc(C)c2)nn2ccc(-c3ccccc3)c12. The van der Waals surface area contributed by atoms with Gasteiger partial charge >= 0.3 is 6.09 Å². The number of carbonyl (C=O) groups is 1. The molecule has 0 fully saturated rings. The molecule has 3 aromatic heterocycles. The van der Waals surface area contributed by atoms with E-state index in [9.17, 15) is 4.79 Å². The molecule has 0 atom stereocenters. The number of fused-ring (bicyclic) bond motifs is 1. The van der Waals surface area contributed by atoms with Crippen molar-refractivity contribution in [2.45, 2.75) is 13.5 Å². The Kier molecular flexibility index (Phi) is 6.09. The Balaban J connectivity index is 1.59. The molecule has 35 heavy (non-hydrogen) atoms. The zero-order valence-electron chi connectivity index (χ0n) is 19.4. The van der Waals surface area contributed by atoms with Crippen LogP contribution in [-0.2, 0) is 11.3 Å². The van der Waals surface area contributed by atoms with Crippen LogP contribution in [0, 0.1) is 6.92 Å². The number of rotatable bonds is 6. The highest BCUT2D eigenvalue weighted by Crippen LogP contribution is 2.31. The number of carbonyl (C=O) groups excluding carboxylic acids is 1. The highest BCUT2D eigenvalue weighted by Gasteiger charge is 2.16. The van der Waals surface area contributed by atoms with E-state index in [-0.39, 0.29) is 0 Å². The Labute approximate surface area is 202 Å². The van der Waals surface area contributed by atoms with E-state index >= 15 is 0 Å². The number of hydrogen-bond donors (Lipinski definition) is 2. The summed E-state index contributed by atoms with van der Waals surface area (Å²) in [4.78, 5) is 21.0. The molecule has 1 amide bonds. The van der Waals surface area contributed by atoms with E-state index < -0.39 is 6.09 Å². The number of ether oxygens (including phenoxy) is 1. The molecular formula is C27H24N6O2.